The van der Waals surface area contributed by atoms with E-state index in [0.717, 1.165) is 55.2 Å². The molecule has 3 aromatic rings. The Morgan fingerprint density at radius 1 is 0.806 bits per heavy atom. The monoisotopic (exact) mass is 545 g/mol. The summed E-state index contributed by atoms with van der Waals surface area (Å²) in [6, 6.07) is 18.1. The van der Waals surface area contributed by atoms with Crippen molar-refractivity contribution in [2.24, 2.45) is 9.98 Å². The molecule has 0 atom stereocenters. The van der Waals surface area contributed by atoms with Crippen LogP contribution in [0.25, 0.3) is 0 Å². The minimum Gasteiger partial charge on any atom is -0.399 e. The average molecular weight is 546 g/mol. The highest BCUT2D eigenvalue weighted by atomic mass is 79.9. The lowest BCUT2D eigenvalue weighted by molar-refractivity contribution is 0.00578. The van der Waals surface area contributed by atoms with Gasteiger partial charge in [-0.3, -0.25) is 9.98 Å². The summed E-state index contributed by atoms with van der Waals surface area (Å²) in [7, 11) is -0.478. The highest BCUT2D eigenvalue weighted by Crippen LogP contribution is 2.37. The van der Waals surface area contributed by atoms with E-state index in [1.54, 1.807) is 0 Å². The fourth-order valence-corrected chi connectivity index (χ4v) is 4.83. The number of aryl methyl sites for hydroxylation is 2. The average Bonchev–Trinajstić information content (AvgIpc) is 3.03. The van der Waals surface area contributed by atoms with Crippen molar-refractivity contribution in [2.45, 2.75) is 66.6 Å². The zero-order chi connectivity index (χ0) is 26.3. The summed E-state index contributed by atoms with van der Waals surface area (Å²) in [6.45, 7) is 16.3. The summed E-state index contributed by atoms with van der Waals surface area (Å²) in [4.78, 5) is 14.7. The number of para-hydroxylation sites is 1. The molecule has 36 heavy (non-hydrogen) atoms. The normalized spacial score (nSPS) is 17.5. The second-order valence-electron chi connectivity index (χ2n) is 10.3. The van der Waals surface area contributed by atoms with E-state index in [1.807, 2.05) is 56.3 Å². The number of hydrogen-bond donors (Lipinski definition) is 0. The molecular formula is C29H33BBrN3O2. The van der Waals surface area contributed by atoms with Crippen molar-refractivity contribution >= 4 is 51.3 Å². The van der Waals surface area contributed by atoms with Gasteiger partial charge in [0.2, 0.25) is 0 Å². The molecule has 1 aliphatic heterocycles. The van der Waals surface area contributed by atoms with E-state index in [9.17, 15) is 0 Å². The Kier molecular flexibility index (Phi) is 7.38. The smallest absolute Gasteiger partial charge is 0.399 e. The van der Waals surface area contributed by atoms with Crippen LogP contribution >= 0.6 is 15.9 Å². The molecule has 1 aromatic heterocycles. The Bertz CT molecular complexity index is 1330. The minimum absolute atomic E-state index is 0.415. The topological polar surface area (TPSA) is 56.1 Å². The van der Waals surface area contributed by atoms with Gasteiger partial charge in [-0.1, -0.05) is 40.2 Å². The van der Waals surface area contributed by atoms with E-state index < -0.39 is 18.3 Å². The van der Waals surface area contributed by atoms with Gasteiger partial charge in [-0.15, -0.1) is 0 Å². The second-order valence-corrected chi connectivity index (χ2v) is 11.3. The standard InChI is InChI=1S/C29H33BBrN3O2/c1-18-16-22(31)17-19(2)27(18)33-21(4)25-15-11-14-24(34-25)20(3)32-26-13-10-9-12-23(26)30-35-28(5,6)29(7,8)36-30/h9-17H,1-8H3. The Morgan fingerprint density at radius 3 is 1.92 bits per heavy atom. The predicted octanol–water partition coefficient (Wildman–Crippen LogP) is 7.04. The van der Waals surface area contributed by atoms with Crippen molar-refractivity contribution in [1.82, 2.24) is 4.98 Å². The van der Waals surface area contributed by atoms with E-state index in [4.69, 9.17) is 24.3 Å². The first kappa shape index (κ1) is 26.5. The van der Waals surface area contributed by atoms with E-state index in [0.29, 0.717) is 0 Å². The number of pyridine rings is 1. The van der Waals surface area contributed by atoms with Gasteiger partial charge in [0.25, 0.3) is 0 Å². The second kappa shape index (κ2) is 10.0. The van der Waals surface area contributed by atoms with Gasteiger partial charge < -0.3 is 9.31 Å². The van der Waals surface area contributed by atoms with Crippen molar-refractivity contribution in [3.8, 4) is 0 Å². The minimum atomic E-state index is -0.478. The van der Waals surface area contributed by atoms with Crippen LogP contribution < -0.4 is 5.46 Å². The van der Waals surface area contributed by atoms with Crippen LogP contribution in [0.5, 0.6) is 0 Å². The third-order valence-corrected chi connectivity index (χ3v) is 7.42. The van der Waals surface area contributed by atoms with Crippen molar-refractivity contribution < 1.29 is 9.31 Å². The molecule has 0 unspecified atom stereocenters. The Labute approximate surface area is 223 Å². The van der Waals surface area contributed by atoms with Gasteiger partial charge in [-0.2, -0.15) is 0 Å². The summed E-state index contributed by atoms with van der Waals surface area (Å²) in [6.07, 6.45) is 0. The van der Waals surface area contributed by atoms with Crippen molar-refractivity contribution in [3.05, 3.63) is 81.6 Å². The van der Waals surface area contributed by atoms with Crippen LogP contribution in [-0.4, -0.2) is 34.7 Å². The third kappa shape index (κ3) is 5.38. The summed E-state index contributed by atoms with van der Waals surface area (Å²) >= 11 is 3.56. The first-order valence-electron chi connectivity index (χ1n) is 12.2. The molecular weight excluding hydrogens is 513 g/mol. The molecule has 5 nitrogen and oxygen atoms in total. The SMILES string of the molecule is CC(=Nc1ccccc1B1OC(C)(C)C(C)(C)O1)c1cccc(C(C)=Nc2c(C)cc(Br)cc2C)n1. The van der Waals surface area contributed by atoms with Gasteiger partial charge in [0.15, 0.2) is 0 Å². The van der Waals surface area contributed by atoms with E-state index in [2.05, 4.69) is 69.6 Å². The molecule has 0 bridgehead atoms. The number of halogens is 1. The van der Waals surface area contributed by atoms with E-state index >= 15 is 0 Å². The van der Waals surface area contributed by atoms with Crippen LogP contribution in [0.1, 0.15) is 64.1 Å². The lowest BCUT2D eigenvalue weighted by Gasteiger charge is -2.32. The van der Waals surface area contributed by atoms with Crippen molar-refractivity contribution in [2.75, 3.05) is 0 Å². The Hall–Kier alpha value is -2.61. The van der Waals surface area contributed by atoms with Gasteiger partial charge in [-0.05, 0) is 96.8 Å². The molecule has 2 aromatic carbocycles. The number of benzene rings is 2. The highest BCUT2D eigenvalue weighted by Gasteiger charge is 2.52. The largest absolute Gasteiger partial charge is 0.497 e. The number of rotatable bonds is 5. The number of aliphatic imine (C=N–C) groups is 2. The maximum absolute atomic E-state index is 6.29. The molecule has 0 radical (unpaired) electrons. The molecule has 1 saturated heterocycles. The summed E-state index contributed by atoms with van der Waals surface area (Å²) in [5.41, 5.74) is 7.40. The molecule has 0 aliphatic carbocycles. The Balaban J connectivity index is 1.65. The highest BCUT2D eigenvalue weighted by molar-refractivity contribution is 9.10. The van der Waals surface area contributed by atoms with E-state index in [1.165, 1.54) is 0 Å². The Morgan fingerprint density at radius 2 is 1.33 bits per heavy atom. The van der Waals surface area contributed by atoms with Crippen LogP contribution in [0, 0.1) is 13.8 Å². The molecule has 7 heteroatoms. The fraction of sp³-hybridized carbons (Fsp3) is 0.345. The molecule has 4 rings (SSSR count). The molecule has 0 saturated carbocycles. The molecule has 0 amide bonds. The van der Waals surface area contributed by atoms with Gasteiger partial charge in [0.05, 0.1) is 45.4 Å². The molecule has 186 valence electrons. The molecule has 0 N–H and O–H groups in total. The van der Waals surface area contributed by atoms with Crippen LogP contribution in [0.15, 0.2) is 69.1 Å². The zero-order valence-corrected chi connectivity index (χ0v) is 23.9. The van der Waals surface area contributed by atoms with E-state index in [-0.39, 0.29) is 0 Å². The fourth-order valence-electron chi connectivity index (χ4n) is 4.14. The number of nitrogens with zero attached hydrogens (tertiary/aromatic N) is 3. The summed E-state index contributed by atoms with van der Waals surface area (Å²) < 4.78 is 13.6. The van der Waals surface area contributed by atoms with Crippen LogP contribution in [-0.2, 0) is 9.31 Å². The van der Waals surface area contributed by atoms with Gasteiger partial charge in [0.1, 0.15) is 0 Å². The number of hydrogen-bond acceptors (Lipinski definition) is 5. The number of aromatic nitrogens is 1. The van der Waals surface area contributed by atoms with Crippen LogP contribution in [0.2, 0.25) is 0 Å². The first-order chi connectivity index (χ1) is 16.9. The van der Waals surface area contributed by atoms with Crippen LogP contribution in [0.3, 0.4) is 0 Å². The van der Waals surface area contributed by atoms with Gasteiger partial charge >= 0.3 is 7.12 Å². The van der Waals surface area contributed by atoms with Crippen molar-refractivity contribution in [1.29, 1.82) is 0 Å². The predicted molar refractivity (Wildman–Crippen MR) is 154 cm³/mol. The quantitative estimate of drug-likeness (QED) is 0.255. The van der Waals surface area contributed by atoms with Gasteiger partial charge in [-0.25, -0.2) is 4.98 Å². The molecule has 0 spiro atoms. The molecule has 1 fully saturated rings. The summed E-state index contributed by atoms with van der Waals surface area (Å²) in [5.74, 6) is 0. The van der Waals surface area contributed by atoms with Gasteiger partial charge in [0, 0.05) is 9.94 Å². The molecule has 2 heterocycles. The van der Waals surface area contributed by atoms with Crippen molar-refractivity contribution in [3.63, 3.8) is 0 Å². The summed E-state index contributed by atoms with van der Waals surface area (Å²) in [5, 5.41) is 0. The molecule has 1 aliphatic rings. The third-order valence-electron chi connectivity index (χ3n) is 6.96. The van der Waals surface area contributed by atoms with Crippen LogP contribution in [0.4, 0.5) is 11.4 Å². The maximum atomic E-state index is 6.29. The lowest BCUT2D eigenvalue weighted by Crippen LogP contribution is -2.41. The maximum Gasteiger partial charge on any atom is 0.497 e. The zero-order valence-electron chi connectivity index (χ0n) is 22.3. The lowest BCUT2D eigenvalue weighted by atomic mass is 9.78. The first-order valence-corrected chi connectivity index (χ1v) is 13.0.